The van der Waals surface area contributed by atoms with Crippen LogP contribution >= 0.6 is 46.8 Å². The molecule has 1 aromatic heterocycles. The molecule has 0 aliphatic carbocycles. The van der Waals surface area contributed by atoms with Crippen LogP contribution in [0.3, 0.4) is 0 Å². The van der Waals surface area contributed by atoms with Gasteiger partial charge in [0.15, 0.2) is 0 Å². The van der Waals surface area contributed by atoms with Gasteiger partial charge in [0, 0.05) is 43.5 Å². The molecule has 35 heavy (non-hydrogen) atoms. The number of rotatable bonds is 6. The van der Waals surface area contributed by atoms with Crippen LogP contribution in [0.5, 0.6) is 0 Å². The number of pyridine rings is 1. The molecule has 0 amide bonds. The lowest BCUT2D eigenvalue weighted by Gasteiger charge is -2.19. The first-order valence-electron chi connectivity index (χ1n) is 10.9. The van der Waals surface area contributed by atoms with Crippen molar-refractivity contribution in [2.24, 2.45) is 0 Å². The summed E-state index contributed by atoms with van der Waals surface area (Å²) in [5, 5.41) is 2.10. The lowest BCUT2D eigenvalue weighted by molar-refractivity contribution is 1.26. The molecule has 0 radical (unpaired) electrons. The lowest BCUT2D eigenvalue weighted by Crippen LogP contribution is -1.96. The van der Waals surface area contributed by atoms with Crippen LogP contribution in [0, 0.1) is 0 Å². The van der Waals surface area contributed by atoms with Crippen molar-refractivity contribution in [3.63, 3.8) is 0 Å². The molecule has 0 unspecified atom stereocenters. The molecule has 172 valence electrons. The van der Waals surface area contributed by atoms with Crippen molar-refractivity contribution in [3.8, 4) is 33.4 Å². The molecular weight excluding hydrogens is 515 g/mol. The zero-order chi connectivity index (χ0) is 24.2. The lowest BCUT2D eigenvalue weighted by atomic mass is 9.91. The number of hydrogen-bond donors (Lipinski definition) is 1. The predicted molar refractivity (Wildman–Crippen MR) is 151 cm³/mol. The van der Waals surface area contributed by atoms with Crippen LogP contribution in [0.2, 0.25) is 15.1 Å². The van der Waals surface area contributed by atoms with E-state index in [1.807, 2.05) is 84.9 Å². The standard InChI is InChI=1S/C29H19Cl3N2S/c30-23-7-1-19(2-8-23)22-17-27(20-3-9-24(31)10-4-20)29(34-35-26-13-15-33-16-14-26)28(18-22)21-5-11-25(32)12-6-21/h1-18,34H. The number of halogens is 3. The molecule has 0 bridgehead atoms. The Morgan fingerprint density at radius 3 is 1.40 bits per heavy atom. The van der Waals surface area contributed by atoms with Crippen LogP contribution in [0.4, 0.5) is 5.69 Å². The summed E-state index contributed by atoms with van der Waals surface area (Å²) in [5.41, 5.74) is 7.37. The molecule has 0 aliphatic heterocycles. The predicted octanol–water partition coefficient (Wildman–Crippen LogP) is 10.2. The van der Waals surface area contributed by atoms with E-state index in [-0.39, 0.29) is 0 Å². The van der Waals surface area contributed by atoms with Crippen molar-refractivity contribution in [3.05, 3.63) is 125 Å². The molecule has 0 saturated heterocycles. The summed E-state index contributed by atoms with van der Waals surface area (Å²) in [7, 11) is 0. The third kappa shape index (κ3) is 5.66. The van der Waals surface area contributed by atoms with Gasteiger partial charge in [0.05, 0.1) is 5.69 Å². The fourth-order valence-corrected chi connectivity index (χ4v) is 4.87. The molecular formula is C29H19Cl3N2S. The Morgan fingerprint density at radius 1 is 0.514 bits per heavy atom. The number of nitrogens with zero attached hydrogens (tertiary/aromatic N) is 1. The molecule has 2 nitrogen and oxygen atoms in total. The second kappa shape index (κ2) is 10.8. The topological polar surface area (TPSA) is 24.9 Å². The van der Waals surface area contributed by atoms with E-state index < -0.39 is 0 Å². The van der Waals surface area contributed by atoms with Gasteiger partial charge in [0.25, 0.3) is 0 Å². The second-order valence-electron chi connectivity index (χ2n) is 7.85. The maximum Gasteiger partial charge on any atom is 0.0601 e. The van der Waals surface area contributed by atoms with Crippen molar-refractivity contribution >= 4 is 52.4 Å². The van der Waals surface area contributed by atoms with E-state index in [1.54, 1.807) is 24.3 Å². The highest BCUT2D eigenvalue weighted by Gasteiger charge is 2.16. The summed E-state index contributed by atoms with van der Waals surface area (Å²) in [6.07, 6.45) is 3.57. The Hall–Kier alpha value is -2.95. The normalized spacial score (nSPS) is 10.8. The van der Waals surface area contributed by atoms with Crippen molar-refractivity contribution in [2.75, 3.05) is 4.72 Å². The molecule has 6 heteroatoms. The molecule has 5 rings (SSSR count). The van der Waals surface area contributed by atoms with Gasteiger partial charge in [0.1, 0.15) is 0 Å². The van der Waals surface area contributed by atoms with E-state index in [1.165, 1.54) is 0 Å². The quantitative estimate of drug-likeness (QED) is 0.220. The van der Waals surface area contributed by atoms with Gasteiger partial charge in [0.2, 0.25) is 0 Å². The van der Waals surface area contributed by atoms with Gasteiger partial charge >= 0.3 is 0 Å². The zero-order valence-electron chi connectivity index (χ0n) is 18.4. The molecule has 0 aliphatic rings. The molecule has 1 N–H and O–H groups in total. The number of anilines is 1. The summed E-state index contributed by atoms with van der Waals surface area (Å²) < 4.78 is 3.61. The van der Waals surface area contributed by atoms with E-state index in [0.29, 0.717) is 15.1 Å². The second-order valence-corrected chi connectivity index (χ2v) is 10.0. The summed E-state index contributed by atoms with van der Waals surface area (Å²) >= 11 is 20.1. The van der Waals surface area contributed by atoms with E-state index in [2.05, 4.69) is 21.8 Å². The fraction of sp³-hybridized carbons (Fsp3) is 0. The van der Waals surface area contributed by atoms with E-state index >= 15 is 0 Å². The van der Waals surface area contributed by atoms with Crippen molar-refractivity contribution in [1.82, 2.24) is 4.98 Å². The Labute approximate surface area is 224 Å². The number of hydrogen-bond acceptors (Lipinski definition) is 3. The minimum Gasteiger partial charge on any atom is -0.325 e. The molecule has 0 saturated carbocycles. The van der Waals surface area contributed by atoms with Gasteiger partial charge in [-0.05, 0) is 94.9 Å². The van der Waals surface area contributed by atoms with Crippen LogP contribution in [-0.2, 0) is 0 Å². The van der Waals surface area contributed by atoms with Crippen molar-refractivity contribution in [2.45, 2.75) is 4.90 Å². The average Bonchev–Trinajstić information content (AvgIpc) is 2.89. The maximum atomic E-state index is 6.21. The molecule has 0 fully saturated rings. The molecule has 4 aromatic carbocycles. The van der Waals surface area contributed by atoms with E-state index in [9.17, 15) is 0 Å². The smallest absolute Gasteiger partial charge is 0.0601 e. The maximum absolute atomic E-state index is 6.21. The fourth-order valence-electron chi connectivity index (χ4n) is 3.79. The van der Waals surface area contributed by atoms with Crippen LogP contribution in [0.15, 0.2) is 114 Å². The van der Waals surface area contributed by atoms with Crippen LogP contribution in [-0.4, -0.2) is 4.98 Å². The van der Waals surface area contributed by atoms with E-state index in [0.717, 1.165) is 44.0 Å². The first-order valence-corrected chi connectivity index (χ1v) is 12.8. The average molecular weight is 534 g/mol. The minimum atomic E-state index is 0.696. The summed E-state index contributed by atoms with van der Waals surface area (Å²) in [6.45, 7) is 0. The number of nitrogens with one attached hydrogen (secondary N) is 1. The zero-order valence-corrected chi connectivity index (χ0v) is 21.5. The van der Waals surface area contributed by atoms with Gasteiger partial charge in [-0.15, -0.1) is 0 Å². The summed E-state index contributed by atoms with van der Waals surface area (Å²) in [6, 6.07) is 32.0. The Kier molecular flexibility index (Phi) is 7.31. The van der Waals surface area contributed by atoms with Crippen LogP contribution in [0.25, 0.3) is 33.4 Å². The van der Waals surface area contributed by atoms with Gasteiger partial charge in [-0.1, -0.05) is 71.2 Å². The first kappa shape index (κ1) is 23.8. The largest absolute Gasteiger partial charge is 0.325 e. The number of aromatic nitrogens is 1. The Morgan fingerprint density at radius 2 is 0.943 bits per heavy atom. The highest BCUT2D eigenvalue weighted by Crippen LogP contribution is 2.43. The monoisotopic (exact) mass is 532 g/mol. The third-order valence-electron chi connectivity index (χ3n) is 5.55. The molecule has 0 spiro atoms. The summed E-state index contributed by atoms with van der Waals surface area (Å²) in [4.78, 5) is 5.18. The van der Waals surface area contributed by atoms with Gasteiger partial charge in [-0.2, -0.15) is 0 Å². The highest BCUT2D eigenvalue weighted by atomic mass is 35.5. The van der Waals surface area contributed by atoms with Gasteiger partial charge < -0.3 is 4.72 Å². The summed E-state index contributed by atoms with van der Waals surface area (Å²) in [5.74, 6) is 0. The van der Waals surface area contributed by atoms with E-state index in [4.69, 9.17) is 34.8 Å². The highest BCUT2D eigenvalue weighted by molar-refractivity contribution is 8.00. The number of benzene rings is 4. The Bertz CT molecular complexity index is 1370. The van der Waals surface area contributed by atoms with Crippen molar-refractivity contribution < 1.29 is 0 Å². The molecule has 5 aromatic rings. The van der Waals surface area contributed by atoms with Crippen LogP contribution < -0.4 is 4.72 Å². The van der Waals surface area contributed by atoms with Gasteiger partial charge in [-0.3, -0.25) is 4.98 Å². The molecule has 0 atom stereocenters. The van der Waals surface area contributed by atoms with Crippen molar-refractivity contribution in [1.29, 1.82) is 0 Å². The van der Waals surface area contributed by atoms with Gasteiger partial charge in [-0.25, -0.2) is 0 Å². The van der Waals surface area contributed by atoms with Crippen LogP contribution in [0.1, 0.15) is 0 Å². The Balaban J connectivity index is 1.72. The third-order valence-corrected chi connectivity index (χ3v) is 7.12. The molecule has 1 heterocycles. The first-order chi connectivity index (χ1) is 17.1. The minimum absolute atomic E-state index is 0.696. The SMILES string of the molecule is Clc1ccc(-c2cc(-c3ccc(Cl)cc3)c(NSc3ccncc3)c(-c3ccc(Cl)cc3)c2)cc1.